The van der Waals surface area contributed by atoms with Gasteiger partial charge in [0.25, 0.3) is 5.91 Å². The second kappa shape index (κ2) is 11.1. The second-order valence-corrected chi connectivity index (χ2v) is 8.97. The highest BCUT2D eigenvalue weighted by Crippen LogP contribution is 2.36. The van der Waals surface area contributed by atoms with Crippen LogP contribution in [-0.4, -0.2) is 5.91 Å². The van der Waals surface area contributed by atoms with Crippen molar-refractivity contribution in [3.05, 3.63) is 97.4 Å². The summed E-state index contributed by atoms with van der Waals surface area (Å²) in [6, 6.07) is 21.3. The van der Waals surface area contributed by atoms with Crippen LogP contribution < -0.4 is 10.1 Å². The lowest BCUT2D eigenvalue weighted by Gasteiger charge is -2.12. The minimum atomic E-state index is -0.455. The average Bonchev–Trinajstić information content (AvgIpc) is 2.78. The summed E-state index contributed by atoms with van der Waals surface area (Å²) in [5.74, 6) is 0.199. The summed E-state index contributed by atoms with van der Waals surface area (Å²) in [5.41, 5.74) is 4.79. The molecule has 0 spiro atoms. The molecule has 0 saturated heterocycles. The molecule has 3 aromatic rings. The number of anilines is 1. The van der Waals surface area contributed by atoms with Gasteiger partial charge in [-0.05, 0) is 92.2 Å². The van der Waals surface area contributed by atoms with Gasteiger partial charge < -0.3 is 10.1 Å². The van der Waals surface area contributed by atoms with E-state index in [9.17, 15) is 10.1 Å². The topological polar surface area (TPSA) is 62.1 Å². The van der Waals surface area contributed by atoms with E-state index in [-0.39, 0.29) is 5.57 Å². The van der Waals surface area contributed by atoms with Crippen LogP contribution in [0.1, 0.15) is 29.2 Å². The molecule has 1 amide bonds. The summed E-state index contributed by atoms with van der Waals surface area (Å²) in [7, 11) is 0. The molecule has 0 atom stereocenters. The number of nitriles is 1. The molecule has 0 fully saturated rings. The molecule has 0 radical (unpaired) electrons. The third-order valence-electron chi connectivity index (χ3n) is 4.82. The van der Waals surface area contributed by atoms with Gasteiger partial charge in [0.15, 0.2) is 0 Å². The predicted octanol–water partition coefficient (Wildman–Crippen LogP) is 7.21. The van der Waals surface area contributed by atoms with Gasteiger partial charge in [-0.1, -0.05) is 48.9 Å². The number of amides is 1. The van der Waals surface area contributed by atoms with Crippen molar-refractivity contribution in [3.8, 4) is 11.8 Å². The molecule has 0 unspecified atom stereocenters. The molecule has 0 aliphatic carbocycles. The van der Waals surface area contributed by atoms with Crippen molar-refractivity contribution in [1.29, 1.82) is 5.26 Å². The van der Waals surface area contributed by atoms with Gasteiger partial charge in [0.2, 0.25) is 0 Å². The Hall–Kier alpha value is -2.88. The highest BCUT2D eigenvalue weighted by Gasteiger charge is 2.13. The maximum Gasteiger partial charge on any atom is 0.266 e. The van der Waals surface area contributed by atoms with Gasteiger partial charge in [0.1, 0.15) is 24.0 Å². The zero-order valence-electron chi connectivity index (χ0n) is 17.8. The molecule has 0 aliphatic heterocycles. The third kappa shape index (κ3) is 6.32. The Morgan fingerprint density at radius 1 is 1.03 bits per heavy atom. The molecule has 162 valence electrons. The highest BCUT2D eigenvalue weighted by molar-refractivity contribution is 9.11. The van der Waals surface area contributed by atoms with E-state index in [2.05, 4.69) is 44.1 Å². The quantitative estimate of drug-likeness (QED) is 0.248. The first kappa shape index (κ1) is 23.8. The van der Waals surface area contributed by atoms with Crippen LogP contribution in [0.15, 0.2) is 75.2 Å². The van der Waals surface area contributed by atoms with Crippen LogP contribution in [0.5, 0.6) is 5.75 Å². The number of hydrogen-bond donors (Lipinski definition) is 1. The number of nitrogens with zero attached hydrogens (tertiary/aromatic N) is 1. The van der Waals surface area contributed by atoms with Crippen LogP contribution in [0, 0.1) is 18.3 Å². The van der Waals surface area contributed by atoms with Crippen LogP contribution in [-0.2, 0) is 17.8 Å². The van der Waals surface area contributed by atoms with E-state index in [4.69, 9.17) is 4.74 Å². The summed E-state index contributed by atoms with van der Waals surface area (Å²) in [5, 5.41) is 12.3. The summed E-state index contributed by atoms with van der Waals surface area (Å²) < 4.78 is 7.41. The number of aryl methyl sites for hydroxylation is 2. The molecular formula is C26H22Br2N2O2. The molecule has 3 rings (SSSR count). The van der Waals surface area contributed by atoms with Crippen molar-refractivity contribution in [1.82, 2.24) is 0 Å². The first-order valence-electron chi connectivity index (χ1n) is 10.1. The highest BCUT2D eigenvalue weighted by atomic mass is 79.9. The molecule has 0 aromatic heterocycles. The van der Waals surface area contributed by atoms with Crippen molar-refractivity contribution in [2.75, 3.05) is 5.32 Å². The summed E-state index contributed by atoms with van der Waals surface area (Å²) >= 11 is 7.06. The first-order chi connectivity index (χ1) is 15.4. The number of nitrogens with one attached hydrogen (secondary N) is 1. The van der Waals surface area contributed by atoms with Crippen LogP contribution in [0.3, 0.4) is 0 Å². The Labute approximate surface area is 205 Å². The number of benzene rings is 3. The fourth-order valence-corrected chi connectivity index (χ4v) is 4.43. The molecule has 1 N–H and O–H groups in total. The zero-order valence-corrected chi connectivity index (χ0v) is 21.0. The van der Waals surface area contributed by atoms with E-state index < -0.39 is 5.91 Å². The summed E-state index contributed by atoms with van der Waals surface area (Å²) in [6.45, 7) is 4.54. The molecule has 4 nitrogen and oxygen atoms in total. The van der Waals surface area contributed by atoms with Crippen LogP contribution in [0.25, 0.3) is 6.08 Å². The van der Waals surface area contributed by atoms with Crippen LogP contribution in [0.4, 0.5) is 5.69 Å². The van der Waals surface area contributed by atoms with E-state index in [0.29, 0.717) is 23.6 Å². The van der Waals surface area contributed by atoms with E-state index in [1.807, 2.05) is 73.7 Å². The Balaban J connectivity index is 1.74. The van der Waals surface area contributed by atoms with Crippen LogP contribution >= 0.6 is 31.9 Å². The maximum absolute atomic E-state index is 12.6. The number of rotatable bonds is 7. The molecule has 0 saturated carbocycles. The molecule has 6 heteroatoms. The zero-order chi connectivity index (χ0) is 23.1. The van der Waals surface area contributed by atoms with Gasteiger partial charge in [-0.15, -0.1) is 0 Å². The van der Waals surface area contributed by atoms with E-state index >= 15 is 0 Å². The van der Waals surface area contributed by atoms with Gasteiger partial charge in [-0.2, -0.15) is 5.26 Å². The number of carbonyl (C=O) groups excluding carboxylic acids is 1. The van der Waals surface area contributed by atoms with E-state index in [1.165, 1.54) is 11.1 Å². The summed E-state index contributed by atoms with van der Waals surface area (Å²) in [6.07, 6.45) is 2.47. The second-order valence-electron chi connectivity index (χ2n) is 7.26. The van der Waals surface area contributed by atoms with Gasteiger partial charge in [0.05, 0.1) is 8.95 Å². The number of ether oxygens (including phenoxy) is 1. The molecular weight excluding hydrogens is 532 g/mol. The van der Waals surface area contributed by atoms with Crippen molar-refractivity contribution in [3.63, 3.8) is 0 Å². The molecule has 0 heterocycles. The lowest BCUT2D eigenvalue weighted by atomic mass is 10.1. The lowest BCUT2D eigenvalue weighted by Crippen LogP contribution is -2.13. The van der Waals surface area contributed by atoms with E-state index in [0.717, 1.165) is 20.9 Å². The maximum atomic E-state index is 12.6. The van der Waals surface area contributed by atoms with Gasteiger partial charge in [-0.3, -0.25) is 4.79 Å². The smallest absolute Gasteiger partial charge is 0.266 e. The number of halogens is 2. The van der Waals surface area contributed by atoms with Crippen molar-refractivity contribution >= 4 is 49.5 Å². The van der Waals surface area contributed by atoms with Gasteiger partial charge >= 0.3 is 0 Å². The Bertz CT molecular complexity index is 1150. The third-order valence-corrected chi connectivity index (χ3v) is 6.00. The Morgan fingerprint density at radius 2 is 1.62 bits per heavy atom. The van der Waals surface area contributed by atoms with Crippen molar-refractivity contribution in [2.45, 2.75) is 26.9 Å². The molecule has 3 aromatic carbocycles. The Kier molecular flexibility index (Phi) is 8.26. The average molecular weight is 554 g/mol. The normalized spacial score (nSPS) is 11.0. The predicted molar refractivity (Wildman–Crippen MR) is 135 cm³/mol. The minimum absolute atomic E-state index is 0.0108. The fraction of sp³-hybridized carbons (Fsp3) is 0.154. The van der Waals surface area contributed by atoms with Crippen molar-refractivity contribution < 1.29 is 9.53 Å². The largest absolute Gasteiger partial charge is 0.487 e. The number of carbonyl (C=O) groups is 1. The standard InChI is InChI=1S/C26H22Br2N2O2/c1-3-18-8-10-22(11-9-18)30-26(31)21(15-29)12-20-13-23(27)25(24(28)14-20)32-16-19-6-4-17(2)5-7-19/h4-14H,3,16H2,1-2H3,(H,30,31)/b21-12+. The molecule has 32 heavy (non-hydrogen) atoms. The lowest BCUT2D eigenvalue weighted by molar-refractivity contribution is -0.112. The van der Waals surface area contributed by atoms with Gasteiger partial charge in [-0.25, -0.2) is 0 Å². The van der Waals surface area contributed by atoms with Gasteiger partial charge in [0, 0.05) is 5.69 Å². The van der Waals surface area contributed by atoms with Crippen LogP contribution in [0.2, 0.25) is 0 Å². The fourth-order valence-electron chi connectivity index (χ4n) is 2.98. The van der Waals surface area contributed by atoms with E-state index in [1.54, 1.807) is 6.08 Å². The molecule has 0 bridgehead atoms. The first-order valence-corrected chi connectivity index (χ1v) is 11.7. The Morgan fingerprint density at radius 3 is 2.19 bits per heavy atom. The van der Waals surface area contributed by atoms with Crippen molar-refractivity contribution in [2.24, 2.45) is 0 Å². The minimum Gasteiger partial charge on any atom is -0.487 e. The molecule has 0 aliphatic rings. The number of hydrogen-bond acceptors (Lipinski definition) is 3. The monoisotopic (exact) mass is 552 g/mol. The SMILES string of the molecule is CCc1ccc(NC(=O)/C(C#N)=C/c2cc(Br)c(OCc3ccc(C)cc3)c(Br)c2)cc1. The summed E-state index contributed by atoms with van der Waals surface area (Å²) in [4.78, 5) is 12.6.